The molecule has 0 aliphatic carbocycles. The predicted molar refractivity (Wildman–Crippen MR) is 68.7 cm³/mol. The first kappa shape index (κ1) is 16.5. The Kier molecular flexibility index (Phi) is 11.0. The summed E-state index contributed by atoms with van der Waals surface area (Å²) in [5, 5.41) is 0. The van der Waals surface area contributed by atoms with Crippen LogP contribution in [0.1, 0.15) is 52.4 Å². The highest BCUT2D eigenvalue weighted by Crippen LogP contribution is 1.98. The van der Waals surface area contributed by atoms with Gasteiger partial charge < -0.3 is 9.47 Å². The first-order valence-electron chi connectivity index (χ1n) is 6.56. The molecule has 0 rings (SSSR count). The molecule has 4 nitrogen and oxygen atoms in total. The molecule has 4 heteroatoms. The van der Waals surface area contributed by atoms with E-state index in [1.165, 1.54) is 0 Å². The summed E-state index contributed by atoms with van der Waals surface area (Å²) < 4.78 is 9.61. The summed E-state index contributed by atoms with van der Waals surface area (Å²) in [4.78, 5) is 22.1. The number of esters is 2. The Morgan fingerprint density at radius 3 is 1.78 bits per heavy atom. The van der Waals surface area contributed by atoms with Crippen LogP contribution in [0, 0.1) is 11.8 Å². The lowest BCUT2D eigenvalue weighted by Crippen LogP contribution is -2.06. The molecule has 0 radical (unpaired) electrons. The summed E-state index contributed by atoms with van der Waals surface area (Å²) in [6.45, 7) is 4.81. The SMILES string of the molecule is CCCCCCOC(=O)C#CC(=O)OCCCC. The van der Waals surface area contributed by atoms with Crippen LogP contribution in [-0.4, -0.2) is 25.2 Å². The van der Waals surface area contributed by atoms with Crippen molar-refractivity contribution in [1.29, 1.82) is 0 Å². The van der Waals surface area contributed by atoms with Crippen LogP contribution in [0.5, 0.6) is 0 Å². The second-order valence-electron chi connectivity index (χ2n) is 3.94. The van der Waals surface area contributed by atoms with Gasteiger partial charge in [0.2, 0.25) is 0 Å². The molecule has 0 spiro atoms. The Morgan fingerprint density at radius 2 is 1.28 bits per heavy atom. The Balaban J connectivity index is 3.64. The Hall–Kier alpha value is -1.50. The summed E-state index contributed by atoms with van der Waals surface area (Å²) >= 11 is 0. The third-order valence-electron chi connectivity index (χ3n) is 2.23. The molecule has 0 aromatic carbocycles. The van der Waals surface area contributed by atoms with Gasteiger partial charge in [-0.25, -0.2) is 9.59 Å². The molecule has 0 aliphatic rings. The highest BCUT2D eigenvalue weighted by Gasteiger charge is 1.99. The van der Waals surface area contributed by atoms with Crippen LogP contribution in [-0.2, 0) is 19.1 Å². The molecular weight excluding hydrogens is 232 g/mol. The highest BCUT2D eigenvalue weighted by atomic mass is 16.5. The molecule has 0 aromatic heterocycles. The molecule has 0 aromatic rings. The lowest BCUT2D eigenvalue weighted by molar-refractivity contribution is -0.138. The average Bonchev–Trinajstić information content (AvgIpc) is 2.36. The van der Waals surface area contributed by atoms with Gasteiger partial charge >= 0.3 is 11.9 Å². The minimum absolute atomic E-state index is 0.343. The van der Waals surface area contributed by atoms with Gasteiger partial charge in [0.1, 0.15) is 0 Å². The molecule has 0 bridgehead atoms. The van der Waals surface area contributed by atoms with Crippen molar-refractivity contribution < 1.29 is 19.1 Å². The van der Waals surface area contributed by atoms with Crippen LogP contribution in [0.2, 0.25) is 0 Å². The fourth-order valence-corrected chi connectivity index (χ4v) is 1.18. The molecule has 0 unspecified atom stereocenters. The largest absolute Gasteiger partial charge is 0.456 e. The van der Waals surface area contributed by atoms with Gasteiger partial charge in [0, 0.05) is 11.8 Å². The summed E-state index contributed by atoms with van der Waals surface area (Å²) in [6, 6.07) is 0. The van der Waals surface area contributed by atoms with E-state index in [4.69, 9.17) is 9.47 Å². The van der Waals surface area contributed by atoms with E-state index in [1.54, 1.807) is 0 Å². The lowest BCUT2D eigenvalue weighted by Gasteiger charge is -1.99. The van der Waals surface area contributed by atoms with E-state index in [1.807, 2.05) is 6.92 Å². The van der Waals surface area contributed by atoms with Gasteiger partial charge in [-0.15, -0.1) is 0 Å². The van der Waals surface area contributed by atoms with Crippen molar-refractivity contribution in [3.8, 4) is 11.8 Å². The van der Waals surface area contributed by atoms with Crippen molar-refractivity contribution in [3.05, 3.63) is 0 Å². The van der Waals surface area contributed by atoms with Gasteiger partial charge in [-0.1, -0.05) is 39.5 Å². The van der Waals surface area contributed by atoms with E-state index in [0.717, 1.165) is 38.5 Å². The maximum Gasteiger partial charge on any atom is 0.384 e. The standard InChI is InChI=1S/C14H22O4/c1-3-5-7-8-12-18-14(16)10-9-13(15)17-11-6-4-2/h3-8,11-12H2,1-2H3. The average molecular weight is 254 g/mol. The van der Waals surface area contributed by atoms with Crippen molar-refractivity contribution >= 4 is 11.9 Å². The summed E-state index contributed by atoms with van der Waals surface area (Å²) in [5.74, 6) is 2.88. The van der Waals surface area contributed by atoms with E-state index >= 15 is 0 Å². The van der Waals surface area contributed by atoms with E-state index in [-0.39, 0.29) is 0 Å². The highest BCUT2D eigenvalue weighted by molar-refractivity contribution is 5.98. The number of carbonyl (C=O) groups excluding carboxylic acids is 2. The zero-order valence-electron chi connectivity index (χ0n) is 11.3. The van der Waals surface area contributed by atoms with Gasteiger partial charge in [0.25, 0.3) is 0 Å². The van der Waals surface area contributed by atoms with Crippen LogP contribution in [0.25, 0.3) is 0 Å². The zero-order chi connectivity index (χ0) is 13.6. The second kappa shape index (κ2) is 12.0. The lowest BCUT2D eigenvalue weighted by atomic mass is 10.2. The molecule has 0 heterocycles. The molecule has 0 atom stereocenters. The summed E-state index contributed by atoms with van der Waals surface area (Å²) in [6.07, 6.45) is 5.89. The molecule has 0 saturated heterocycles. The van der Waals surface area contributed by atoms with Gasteiger partial charge in [-0.2, -0.15) is 0 Å². The molecule has 102 valence electrons. The molecule has 0 saturated carbocycles. The number of hydrogen-bond acceptors (Lipinski definition) is 4. The second-order valence-corrected chi connectivity index (χ2v) is 3.94. The summed E-state index contributed by atoms with van der Waals surface area (Å²) in [5.41, 5.74) is 0. The molecule has 0 N–H and O–H groups in total. The van der Waals surface area contributed by atoms with Gasteiger partial charge in [0.05, 0.1) is 13.2 Å². The van der Waals surface area contributed by atoms with E-state index in [9.17, 15) is 9.59 Å². The molecule has 0 aliphatic heterocycles. The molecule has 0 fully saturated rings. The van der Waals surface area contributed by atoms with E-state index < -0.39 is 11.9 Å². The number of carbonyl (C=O) groups is 2. The number of unbranched alkanes of at least 4 members (excludes halogenated alkanes) is 4. The Morgan fingerprint density at radius 1 is 0.778 bits per heavy atom. The third kappa shape index (κ3) is 11.0. The maximum atomic E-state index is 11.1. The Bertz CT molecular complexity index is 299. The predicted octanol–water partition coefficient (Wildman–Crippen LogP) is 2.46. The van der Waals surface area contributed by atoms with E-state index in [0.29, 0.717) is 13.2 Å². The number of hydrogen-bond donors (Lipinski definition) is 0. The smallest absolute Gasteiger partial charge is 0.384 e. The minimum Gasteiger partial charge on any atom is -0.456 e. The van der Waals surface area contributed by atoms with Crippen LogP contribution < -0.4 is 0 Å². The maximum absolute atomic E-state index is 11.1. The topological polar surface area (TPSA) is 52.6 Å². The quantitative estimate of drug-likeness (QED) is 0.289. The molecule has 18 heavy (non-hydrogen) atoms. The minimum atomic E-state index is -0.675. The van der Waals surface area contributed by atoms with Crippen LogP contribution >= 0.6 is 0 Å². The van der Waals surface area contributed by atoms with Gasteiger partial charge in [0.15, 0.2) is 0 Å². The first-order valence-corrected chi connectivity index (χ1v) is 6.56. The van der Waals surface area contributed by atoms with Crippen molar-refractivity contribution in [2.75, 3.05) is 13.2 Å². The molecular formula is C14H22O4. The Labute approximate surface area is 109 Å². The molecule has 0 amide bonds. The van der Waals surface area contributed by atoms with Crippen LogP contribution in [0.3, 0.4) is 0 Å². The van der Waals surface area contributed by atoms with Gasteiger partial charge in [-0.05, 0) is 12.8 Å². The zero-order valence-corrected chi connectivity index (χ0v) is 11.3. The fraction of sp³-hybridized carbons (Fsp3) is 0.714. The van der Waals surface area contributed by atoms with Crippen LogP contribution in [0.4, 0.5) is 0 Å². The number of rotatable bonds is 8. The van der Waals surface area contributed by atoms with Crippen molar-refractivity contribution in [2.45, 2.75) is 52.4 Å². The first-order chi connectivity index (χ1) is 8.70. The monoisotopic (exact) mass is 254 g/mol. The number of ether oxygens (including phenoxy) is 2. The van der Waals surface area contributed by atoms with Gasteiger partial charge in [-0.3, -0.25) is 0 Å². The van der Waals surface area contributed by atoms with E-state index in [2.05, 4.69) is 18.8 Å². The third-order valence-corrected chi connectivity index (χ3v) is 2.23. The summed E-state index contributed by atoms with van der Waals surface area (Å²) in [7, 11) is 0. The fourth-order valence-electron chi connectivity index (χ4n) is 1.18. The van der Waals surface area contributed by atoms with Crippen LogP contribution in [0.15, 0.2) is 0 Å². The van der Waals surface area contributed by atoms with Crippen molar-refractivity contribution in [2.24, 2.45) is 0 Å². The van der Waals surface area contributed by atoms with Crippen molar-refractivity contribution in [3.63, 3.8) is 0 Å². The normalized spacial score (nSPS) is 9.22. The van der Waals surface area contributed by atoms with Crippen molar-refractivity contribution in [1.82, 2.24) is 0 Å².